The maximum atomic E-state index is 15.5. The Hall–Kier alpha value is -8.90. The smallest absolute Gasteiger partial charge is 0.246 e. The van der Waals surface area contributed by atoms with Gasteiger partial charge < -0.3 is 60.5 Å². The molecule has 0 unspecified atom stereocenters. The molecule has 0 spiro atoms. The summed E-state index contributed by atoms with van der Waals surface area (Å²) >= 11 is 12.7. The fourth-order valence-electron chi connectivity index (χ4n) is 12.1. The first-order chi connectivity index (χ1) is 46.4. The van der Waals surface area contributed by atoms with Crippen molar-refractivity contribution in [2.45, 2.75) is 141 Å². The molecule has 2 aliphatic heterocycles. The lowest BCUT2D eigenvalue weighted by molar-refractivity contribution is -0.150. The summed E-state index contributed by atoms with van der Waals surface area (Å²) < 4.78 is 0. The number of nitrogens with one attached hydrogen (secondary N) is 4. The highest BCUT2D eigenvalue weighted by molar-refractivity contribution is 6.31. The lowest BCUT2D eigenvalue weighted by atomic mass is 9.97. The third-order valence-electron chi connectivity index (χ3n) is 18.5. The van der Waals surface area contributed by atoms with Gasteiger partial charge in [-0.1, -0.05) is 142 Å². The van der Waals surface area contributed by atoms with Crippen molar-refractivity contribution in [2.24, 2.45) is 11.8 Å². The van der Waals surface area contributed by atoms with Crippen LogP contribution >= 0.6 is 23.2 Å². The Morgan fingerprint density at radius 1 is 0.500 bits per heavy atom. The molecular weight excluding hydrogens is 1300 g/mol. The second-order valence-corrected chi connectivity index (χ2v) is 26.9. The van der Waals surface area contributed by atoms with Crippen LogP contribution in [0.3, 0.4) is 0 Å². The highest BCUT2D eigenvalue weighted by Gasteiger charge is 2.42. The molecule has 530 valence electrons. The van der Waals surface area contributed by atoms with E-state index in [0.29, 0.717) is 64.7 Å². The second kappa shape index (κ2) is 36.6. The van der Waals surface area contributed by atoms with E-state index in [1.807, 2.05) is 6.92 Å². The number of hydrogen-bond donors (Lipinski definition) is 4. The molecule has 98 heavy (non-hydrogen) atoms. The quantitative estimate of drug-likeness (QED) is 0.148. The fourth-order valence-corrected chi connectivity index (χ4v) is 12.4. The Balaban J connectivity index is 1.45. The van der Waals surface area contributed by atoms with Gasteiger partial charge in [-0.25, -0.2) is 0 Å². The summed E-state index contributed by atoms with van der Waals surface area (Å²) in [5.74, 6) is -9.61. The van der Waals surface area contributed by atoms with Gasteiger partial charge >= 0.3 is 0 Å². The van der Waals surface area contributed by atoms with E-state index in [1.54, 1.807) is 142 Å². The minimum atomic E-state index is -1.48. The predicted molar refractivity (Wildman–Crippen MR) is 372 cm³/mol. The summed E-state index contributed by atoms with van der Waals surface area (Å²) in [6.07, 6.45) is 0.742. The standard InChI is InChI=1S/C72H96Cl2N12O12/c1-13-46(5)63-72(98)85(14-2)44-61(89)79(7)43-62(90)82(10)57(40-50-30-32-52(73)33-31-50)70(96)80(8)42-59(87)75-54(38-51-28-23-29-53(74)36-51)66(92)76-55(37-48-24-17-15-18-25-48)68(94)83(11)58(39-49-26-19-16-20-27-49)71(97)84(12)64(45(3)4)67(93)77-56(69(95)86-34-21-22-35-86)41-60(88)81(9)47(6)65(91)78-63/h15-20,23-33,36,45-47,54-58,63-64H,13-14,21-22,34-35,37-44H2,1-12H3,(H,75,87)(H,76,92)(H,77,93)(H,78,91)/t46-,47-,54-,55-,56+,57-,58-,63-,64-/m0/s1. The first kappa shape index (κ1) is 78.1. The van der Waals surface area contributed by atoms with Crippen LogP contribution in [-0.2, 0) is 83.2 Å². The van der Waals surface area contributed by atoms with Gasteiger partial charge in [-0.05, 0) is 85.0 Å². The van der Waals surface area contributed by atoms with Gasteiger partial charge in [0.05, 0.1) is 26.1 Å². The highest BCUT2D eigenvalue weighted by Crippen LogP contribution is 2.23. The molecule has 2 aliphatic rings. The van der Waals surface area contributed by atoms with Crippen molar-refractivity contribution in [1.29, 1.82) is 0 Å². The van der Waals surface area contributed by atoms with E-state index in [2.05, 4.69) is 21.3 Å². The van der Waals surface area contributed by atoms with Crippen molar-refractivity contribution >= 4 is 94.1 Å². The van der Waals surface area contributed by atoms with Crippen LogP contribution in [0.5, 0.6) is 0 Å². The number of carbonyl (C=O) groups is 12. The van der Waals surface area contributed by atoms with Gasteiger partial charge in [-0.15, -0.1) is 0 Å². The van der Waals surface area contributed by atoms with Gasteiger partial charge in [0.25, 0.3) is 0 Å². The minimum Gasteiger partial charge on any atom is -0.342 e. The molecule has 12 amide bonds. The Labute approximate surface area is 585 Å². The summed E-state index contributed by atoms with van der Waals surface area (Å²) in [6.45, 7) is 9.07. The van der Waals surface area contributed by atoms with Gasteiger partial charge in [0.15, 0.2) is 0 Å². The molecule has 2 saturated heterocycles. The Morgan fingerprint density at radius 3 is 1.63 bits per heavy atom. The molecule has 0 saturated carbocycles. The average molecular weight is 1390 g/mol. The Kier molecular flexibility index (Phi) is 29.2. The van der Waals surface area contributed by atoms with E-state index < -0.39 is 157 Å². The number of carbonyl (C=O) groups excluding carboxylic acids is 12. The molecule has 2 fully saturated rings. The number of likely N-dealkylation sites (tertiary alicyclic amines) is 1. The summed E-state index contributed by atoms with van der Waals surface area (Å²) in [6, 6.07) is 20.2. The maximum absolute atomic E-state index is 15.5. The molecule has 0 bridgehead atoms. The van der Waals surface area contributed by atoms with Crippen molar-refractivity contribution in [1.82, 2.24) is 60.5 Å². The van der Waals surface area contributed by atoms with E-state index in [-0.39, 0.29) is 32.2 Å². The van der Waals surface area contributed by atoms with Crippen LogP contribution in [0.2, 0.25) is 10.0 Å². The summed E-state index contributed by atoms with van der Waals surface area (Å²) in [4.78, 5) is 187. The van der Waals surface area contributed by atoms with Gasteiger partial charge in [-0.3, -0.25) is 57.5 Å². The molecule has 2 heterocycles. The SMILES string of the molecule is CC[C@H](C)[C@@H]1NC(=O)[C@H](C)N(C)C(=O)C[C@H](C(=O)N2CCCC2)NC(=O)[C@H](C(C)C)N(C)C(=O)[C@H](Cc2ccccc2)N(C)C(=O)[C@H](Cc2ccccc2)NC(=O)[C@H](Cc2cccc(Cl)c2)NC(=O)CN(C)C(=O)[C@H](Cc2ccc(Cl)cc2)N(C)C(=O)CN(C)C(=O)CN(CC)C1=O. The van der Waals surface area contributed by atoms with E-state index in [9.17, 15) is 38.4 Å². The van der Waals surface area contributed by atoms with Crippen molar-refractivity contribution < 1.29 is 57.5 Å². The monoisotopic (exact) mass is 1390 g/mol. The molecule has 6 rings (SSSR count). The largest absolute Gasteiger partial charge is 0.342 e. The number of rotatable bonds is 13. The zero-order chi connectivity index (χ0) is 72.2. The summed E-state index contributed by atoms with van der Waals surface area (Å²) in [5, 5.41) is 12.0. The molecular formula is C72H96Cl2N12O12. The molecule has 0 aromatic heterocycles. The molecule has 26 heteroatoms. The summed E-state index contributed by atoms with van der Waals surface area (Å²) in [7, 11) is 8.30. The van der Waals surface area contributed by atoms with E-state index in [0.717, 1.165) is 19.6 Å². The van der Waals surface area contributed by atoms with E-state index in [4.69, 9.17) is 23.2 Å². The van der Waals surface area contributed by atoms with Crippen LogP contribution in [0.4, 0.5) is 0 Å². The zero-order valence-electron chi connectivity index (χ0n) is 58.3. The Morgan fingerprint density at radius 2 is 1.06 bits per heavy atom. The van der Waals surface area contributed by atoms with Crippen LogP contribution in [0.1, 0.15) is 89.5 Å². The third kappa shape index (κ3) is 21.3. The van der Waals surface area contributed by atoms with Gasteiger partial charge in [0.1, 0.15) is 48.3 Å². The van der Waals surface area contributed by atoms with Gasteiger partial charge in [0.2, 0.25) is 70.9 Å². The first-order valence-corrected chi connectivity index (χ1v) is 34.1. The first-order valence-electron chi connectivity index (χ1n) is 33.3. The Bertz CT molecular complexity index is 3470. The van der Waals surface area contributed by atoms with Crippen molar-refractivity contribution in [3.63, 3.8) is 0 Å². The van der Waals surface area contributed by atoms with Crippen LogP contribution in [-0.4, -0.2) is 240 Å². The van der Waals surface area contributed by atoms with Crippen LogP contribution < -0.4 is 21.3 Å². The predicted octanol–water partition coefficient (Wildman–Crippen LogP) is 4.02. The second-order valence-electron chi connectivity index (χ2n) is 26.0. The van der Waals surface area contributed by atoms with Gasteiger partial charge in [0, 0.05) is 97.6 Å². The third-order valence-corrected chi connectivity index (χ3v) is 19.0. The van der Waals surface area contributed by atoms with Crippen molar-refractivity contribution in [3.05, 3.63) is 141 Å². The fraction of sp³-hybridized carbons (Fsp3) is 0.500. The molecule has 0 radical (unpaired) electrons. The lowest BCUT2D eigenvalue weighted by Crippen LogP contribution is -2.61. The number of benzene rings is 4. The number of likely N-dealkylation sites (N-methyl/N-ethyl adjacent to an activating group) is 7. The van der Waals surface area contributed by atoms with E-state index in [1.165, 1.54) is 63.9 Å². The molecule has 24 nitrogen and oxygen atoms in total. The zero-order valence-corrected chi connectivity index (χ0v) is 59.8. The van der Waals surface area contributed by atoms with Crippen molar-refractivity contribution in [2.75, 3.05) is 81.6 Å². The number of nitrogens with zero attached hydrogens (tertiary/aromatic N) is 8. The van der Waals surface area contributed by atoms with Crippen molar-refractivity contribution in [3.8, 4) is 0 Å². The number of amides is 12. The van der Waals surface area contributed by atoms with Crippen LogP contribution in [0.15, 0.2) is 109 Å². The molecule has 4 aromatic rings. The summed E-state index contributed by atoms with van der Waals surface area (Å²) in [5.41, 5.74) is 2.37. The maximum Gasteiger partial charge on any atom is 0.246 e. The molecule has 9 atom stereocenters. The highest BCUT2D eigenvalue weighted by atomic mass is 35.5. The number of halogens is 2. The normalized spacial score (nSPS) is 23.4. The molecule has 4 aromatic carbocycles. The lowest BCUT2D eigenvalue weighted by Gasteiger charge is -2.38. The topological polar surface area (TPSA) is 279 Å². The van der Waals surface area contributed by atoms with Gasteiger partial charge in [-0.2, -0.15) is 0 Å². The van der Waals surface area contributed by atoms with E-state index >= 15 is 19.2 Å². The minimum absolute atomic E-state index is 0.00611. The average Bonchev–Trinajstić information content (AvgIpc) is 0.875. The molecule has 0 aliphatic carbocycles. The molecule has 4 N–H and O–H groups in total. The van der Waals surface area contributed by atoms with Crippen LogP contribution in [0.25, 0.3) is 0 Å². The number of hydrogen-bond acceptors (Lipinski definition) is 12. The van der Waals surface area contributed by atoms with Crippen LogP contribution in [0, 0.1) is 11.8 Å².